The SMILES string of the molecule is Cc1nc(OCc2ccc(F)cc2F)c(Cl)c(=O)n1-c1ccc2c(c1)CCN(C(=O)C(C)(C)O)C2. The zero-order valence-corrected chi connectivity index (χ0v) is 20.2. The van der Waals surface area contributed by atoms with Gasteiger partial charge in [0.05, 0.1) is 5.69 Å². The zero-order chi connectivity index (χ0) is 25.5. The standard InChI is InChI=1S/C25H24ClF2N3O4/c1-14-29-22(35-13-17-4-6-18(27)11-20(17)28)21(26)23(32)31(14)19-7-5-16-12-30(9-8-15(16)10-19)24(33)25(2,3)34/h4-7,10-11,34H,8-9,12-13H2,1-3H3. The maximum atomic E-state index is 13.9. The third-order valence-corrected chi connectivity index (χ3v) is 6.14. The van der Waals surface area contributed by atoms with Crippen molar-refractivity contribution in [2.75, 3.05) is 6.54 Å². The summed E-state index contributed by atoms with van der Waals surface area (Å²) in [4.78, 5) is 31.4. The largest absolute Gasteiger partial charge is 0.471 e. The van der Waals surface area contributed by atoms with Crippen LogP contribution in [0.15, 0.2) is 41.2 Å². The van der Waals surface area contributed by atoms with Gasteiger partial charge in [-0.3, -0.25) is 14.2 Å². The molecule has 35 heavy (non-hydrogen) atoms. The van der Waals surface area contributed by atoms with E-state index < -0.39 is 22.8 Å². The van der Waals surface area contributed by atoms with Crippen molar-refractivity contribution in [3.63, 3.8) is 0 Å². The Labute approximate surface area is 205 Å². The fourth-order valence-electron chi connectivity index (χ4n) is 4.01. The molecular formula is C25H24ClF2N3O4. The summed E-state index contributed by atoms with van der Waals surface area (Å²) in [6.45, 7) is 5.07. The van der Waals surface area contributed by atoms with E-state index in [0.717, 1.165) is 23.3 Å². The maximum Gasteiger partial charge on any atom is 0.280 e. The Hall–Kier alpha value is -3.30. The molecule has 0 saturated heterocycles. The molecule has 0 aliphatic carbocycles. The Bertz CT molecular complexity index is 1370. The Kier molecular flexibility index (Phi) is 6.66. The molecular weight excluding hydrogens is 480 g/mol. The molecule has 1 aliphatic rings. The number of hydrogen-bond donors (Lipinski definition) is 1. The van der Waals surface area contributed by atoms with Crippen LogP contribution < -0.4 is 10.3 Å². The minimum absolute atomic E-state index is 0.0953. The van der Waals surface area contributed by atoms with Crippen molar-refractivity contribution in [1.82, 2.24) is 14.5 Å². The van der Waals surface area contributed by atoms with Crippen LogP contribution in [-0.4, -0.2) is 37.6 Å². The van der Waals surface area contributed by atoms with E-state index in [1.807, 2.05) is 12.1 Å². The van der Waals surface area contributed by atoms with Gasteiger partial charge in [-0.15, -0.1) is 0 Å². The Morgan fingerprint density at radius 2 is 1.94 bits per heavy atom. The highest BCUT2D eigenvalue weighted by Crippen LogP contribution is 2.26. The first-order valence-electron chi connectivity index (χ1n) is 11.0. The van der Waals surface area contributed by atoms with Crippen LogP contribution in [0.5, 0.6) is 5.88 Å². The molecule has 0 saturated carbocycles. The van der Waals surface area contributed by atoms with E-state index in [4.69, 9.17) is 16.3 Å². The third-order valence-electron chi connectivity index (χ3n) is 5.82. The number of amides is 1. The van der Waals surface area contributed by atoms with Crippen molar-refractivity contribution in [1.29, 1.82) is 0 Å². The lowest BCUT2D eigenvalue weighted by atomic mass is 9.97. The summed E-state index contributed by atoms with van der Waals surface area (Å²) in [5, 5.41) is 9.76. The van der Waals surface area contributed by atoms with Crippen LogP contribution in [0.2, 0.25) is 5.02 Å². The molecule has 0 spiro atoms. The second-order valence-electron chi connectivity index (χ2n) is 8.93. The number of benzene rings is 2. The fraction of sp³-hybridized carbons (Fsp3) is 0.320. The molecule has 1 aromatic heterocycles. The average Bonchev–Trinajstić information content (AvgIpc) is 2.80. The lowest BCUT2D eigenvalue weighted by molar-refractivity contribution is -0.148. The van der Waals surface area contributed by atoms with Crippen LogP contribution in [0, 0.1) is 18.6 Å². The first-order valence-corrected chi connectivity index (χ1v) is 11.3. The number of fused-ring (bicyclic) bond motifs is 1. The van der Waals surface area contributed by atoms with Crippen LogP contribution in [0.4, 0.5) is 8.78 Å². The van der Waals surface area contributed by atoms with Crippen molar-refractivity contribution < 1.29 is 23.4 Å². The Balaban J connectivity index is 1.59. The molecule has 184 valence electrons. The number of hydrogen-bond acceptors (Lipinski definition) is 5. The second kappa shape index (κ2) is 9.39. The van der Waals surface area contributed by atoms with Gasteiger partial charge in [-0.2, -0.15) is 4.98 Å². The number of halogens is 3. The molecule has 0 unspecified atom stereocenters. The Morgan fingerprint density at radius 3 is 2.63 bits per heavy atom. The average molecular weight is 504 g/mol. The van der Waals surface area contributed by atoms with Crippen molar-refractivity contribution in [3.8, 4) is 11.6 Å². The van der Waals surface area contributed by atoms with Crippen molar-refractivity contribution in [2.45, 2.75) is 45.9 Å². The monoisotopic (exact) mass is 503 g/mol. The van der Waals surface area contributed by atoms with Gasteiger partial charge >= 0.3 is 0 Å². The van der Waals surface area contributed by atoms with Gasteiger partial charge in [0, 0.05) is 24.7 Å². The minimum atomic E-state index is -1.45. The molecule has 0 atom stereocenters. The molecule has 0 bridgehead atoms. The molecule has 1 aliphatic heterocycles. The molecule has 0 fully saturated rings. The molecule has 2 heterocycles. The molecule has 1 amide bonds. The highest BCUT2D eigenvalue weighted by Gasteiger charge is 2.31. The third kappa shape index (κ3) is 5.06. The van der Waals surface area contributed by atoms with Gasteiger partial charge in [0.25, 0.3) is 11.5 Å². The van der Waals surface area contributed by atoms with Crippen LogP contribution in [0.1, 0.15) is 36.4 Å². The van der Waals surface area contributed by atoms with Gasteiger partial charge < -0.3 is 14.7 Å². The normalized spacial score (nSPS) is 13.5. The lowest BCUT2D eigenvalue weighted by Crippen LogP contribution is -2.47. The first-order chi connectivity index (χ1) is 16.5. The highest BCUT2D eigenvalue weighted by atomic mass is 35.5. The summed E-state index contributed by atoms with van der Waals surface area (Å²) in [5.74, 6) is -1.66. The molecule has 2 aromatic carbocycles. The second-order valence-corrected chi connectivity index (χ2v) is 9.31. The molecule has 1 N–H and O–H groups in total. The number of carbonyl (C=O) groups excluding carboxylic acids is 1. The van der Waals surface area contributed by atoms with Crippen molar-refractivity contribution >= 4 is 17.5 Å². The summed E-state index contributed by atoms with van der Waals surface area (Å²) in [7, 11) is 0. The Morgan fingerprint density at radius 1 is 1.20 bits per heavy atom. The predicted octanol–water partition coefficient (Wildman–Crippen LogP) is 3.71. The van der Waals surface area contributed by atoms with Crippen molar-refractivity contribution in [2.24, 2.45) is 0 Å². The van der Waals surface area contributed by atoms with Gasteiger partial charge in [0.15, 0.2) is 5.02 Å². The van der Waals surface area contributed by atoms with Gasteiger partial charge in [0.2, 0.25) is 5.88 Å². The predicted molar refractivity (Wildman–Crippen MR) is 126 cm³/mol. The summed E-state index contributed by atoms with van der Waals surface area (Å²) < 4.78 is 33.8. The number of nitrogens with zero attached hydrogens (tertiary/aromatic N) is 3. The van der Waals surface area contributed by atoms with E-state index in [0.29, 0.717) is 31.0 Å². The number of ether oxygens (including phenoxy) is 1. The first kappa shape index (κ1) is 24.8. The molecule has 4 rings (SSSR count). The number of aromatic nitrogens is 2. The molecule has 10 heteroatoms. The highest BCUT2D eigenvalue weighted by molar-refractivity contribution is 6.31. The summed E-state index contributed by atoms with van der Waals surface area (Å²) >= 11 is 6.25. The van der Waals surface area contributed by atoms with Gasteiger partial charge in [0.1, 0.15) is 29.7 Å². The number of aliphatic hydroxyl groups is 1. The van der Waals surface area contributed by atoms with E-state index in [9.17, 15) is 23.5 Å². The molecule has 3 aromatic rings. The number of carbonyl (C=O) groups is 1. The summed E-state index contributed by atoms with van der Waals surface area (Å²) in [6.07, 6.45) is 0.560. The number of aryl methyl sites for hydroxylation is 1. The van der Waals surface area contributed by atoms with E-state index in [-0.39, 0.29) is 29.0 Å². The van der Waals surface area contributed by atoms with Gasteiger partial charge in [-0.1, -0.05) is 17.7 Å². The van der Waals surface area contributed by atoms with Crippen LogP contribution in [-0.2, 0) is 24.4 Å². The zero-order valence-electron chi connectivity index (χ0n) is 19.4. The molecule has 0 radical (unpaired) electrons. The minimum Gasteiger partial charge on any atom is -0.471 e. The summed E-state index contributed by atoms with van der Waals surface area (Å²) in [6, 6.07) is 8.51. The molecule has 7 nitrogen and oxygen atoms in total. The quantitative estimate of drug-likeness (QED) is 0.574. The fourth-order valence-corrected chi connectivity index (χ4v) is 4.19. The van der Waals surface area contributed by atoms with E-state index >= 15 is 0 Å². The maximum absolute atomic E-state index is 13.9. The number of rotatable bonds is 5. The summed E-state index contributed by atoms with van der Waals surface area (Å²) in [5.41, 5.74) is 0.539. The van der Waals surface area contributed by atoms with E-state index in [2.05, 4.69) is 4.98 Å². The van der Waals surface area contributed by atoms with Gasteiger partial charge in [-0.05, 0) is 62.6 Å². The van der Waals surface area contributed by atoms with Crippen LogP contribution >= 0.6 is 11.6 Å². The van der Waals surface area contributed by atoms with Crippen LogP contribution in [0.25, 0.3) is 5.69 Å². The lowest BCUT2D eigenvalue weighted by Gasteiger charge is -2.33. The van der Waals surface area contributed by atoms with Gasteiger partial charge in [-0.25, -0.2) is 8.78 Å². The van der Waals surface area contributed by atoms with Crippen LogP contribution in [0.3, 0.4) is 0 Å². The van der Waals surface area contributed by atoms with E-state index in [1.54, 1.807) is 17.9 Å². The van der Waals surface area contributed by atoms with Crippen molar-refractivity contribution in [3.05, 3.63) is 85.9 Å². The smallest absolute Gasteiger partial charge is 0.280 e. The van der Waals surface area contributed by atoms with E-state index in [1.165, 1.54) is 24.5 Å². The topological polar surface area (TPSA) is 84.7 Å².